The molecule has 0 aromatic heterocycles. The first kappa shape index (κ1) is 17.4. The lowest BCUT2D eigenvalue weighted by Crippen LogP contribution is -2.29. The molecule has 2 N–H and O–H groups in total. The Kier molecular flexibility index (Phi) is 6.12. The molecule has 0 atom stereocenters. The van der Waals surface area contributed by atoms with Crippen LogP contribution in [0.3, 0.4) is 0 Å². The summed E-state index contributed by atoms with van der Waals surface area (Å²) in [6.45, 7) is -1.53. The fourth-order valence-electron chi connectivity index (χ4n) is 1.34. The van der Waals surface area contributed by atoms with Gasteiger partial charge in [0.05, 0.1) is 12.2 Å². The number of sulfonamides is 1. The van der Waals surface area contributed by atoms with Gasteiger partial charge in [0.25, 0.3) is 6.43 Å². The summed E-state index contributed by atoms with van der Waals surface area (Å²) in [5, 5.41) is 8.74. The largest absolute Gasteiger partial charge is 0.478 e. The van der Waals surface area contributed by atoms with Gasteiger partial charge in [-0.05, 0) is 18.2 Å². The summed E-state index contributed by atoms with van der Waals surface area (Å²) < 4.78 is 66.9. The molecule has 0 saturated carbocycles. The summed E-state index contributed by atoms with van der Waals surface area (Å²) in [5.74, 6) is -2.53. The van der Waals surface area contributed by atoms with Crippen LogP contribution >= 0.6 is 0 Å². The van der Waals surface area contributed by atoms with Crippen molar-refractivity contribution in [2.24, 2.45) is 0 Å². The second kappa shape index (κ2) is 7.38. The maximum absolute atomic E-state index is 13.5. The van der Waals surface area contributed by atoms with E-state index in [1.165, 1.54) is 0 Å². The van der Waals surface area contributed by atoms with E-state index in [1.54, 1.807) is 0 Å². The number of benzene rings is 1. The van der Waals surface area contributed by atoms with Crippen LogP contribution in [-0.4, -0.2) is 45.7 Å². The first-order valence-corrected chi connectivity index (χ1v) is 7.11. The monoisotopic (exact) mass is 327 g/mol. The van der Waals surface area contributed by atoms with Crippen molar-refractivity contribution in [3.05, 3.63) is 29.6 Å². The molecule has 0 unspecified atom stereocenters. The van der Waals surface area contributed by atoms with Gasteiger partial charge >= 0.3 is 5.97 Å². The highest BCUT2D eigenvalue weighted by Crippen LogP contribution is 2.16. The number of nitrogens with one attached hydrogen (secondary N) is 1. The summed E-state index contributed by atoms with van der Waals surface area (Å²) in [6.07, 6.45) is -2.67. The molecule has 0 spiro atoms. The SMILES string of the molecule is O=C(O)c1ccc(F)c(S(=O)(=O)NCCOCC(F)F)c1. The fraction of sp³-hybridized carbons (Fsp3) is 0.364. The predicted octanol–water partition coefficient (Wildman–Crippen LogP) is 1.08. The van der Waals surface area contributed by atoms with Crippen molar-refractivity contribution >= 4 is 16.0 Å². The molecule has 0 amide bonds. The number of hydrogen-bond donors (Lipinski definition) is 2. The molecule has 0 bridgehead atoms. The van der Waals surface area contributed by atoms with Gasteiger partial charge in [-0.3, -0.25) is 0 Å². The van der Waals surface area contributed by atoms with Crippen molar-refractivity contribution in [3.8, 4) is 0 Å². The number of aromatic carboxylic acids is 1. The Morgan fingerprint density at radius 1 is 1.38 bits per heavy atom. The van der Waals surface area contributed by atoms with E-state index in [1.807, 2.05) is 4.72 Å². The molecular weight excluding hydrogens is 315 g/mol. The lowest BCUT2D eigenvalue weighted by molar-refractivity contribution is 0.0199. The third-order valence-corrected chi connectivity index (χ3v) is 3.73. The third-order valence-electron chi connectivity index (χ3n) is 2.25. The summed E-state index contributed by atoms with van der Waals surface area (Å²) in [4.78, 5) is 9.89. The van der Waals surface area contributed by atoms with E-state index in [2.05, 4.69) is 4.74 Å². The highest BCUT2D eigenvalue weighted by molar-refractivity contribution is 7.89. The lowest BCUT2D eigenvalue weighted by Gasteiger charge is -2.09. The van der Waals surface area contributed by atoms with Gasteiger partial charge in [-0.15, -0.1) is 0 Å². The number of ether oxygens (including phenoxy) is 1. The Bertz CT molecular complexity index is 606. The molecule has 118 valence electrons. The summed E-state index contributed by atoms with van der Waals surface area (Å²) in [6, 6.07) is 2.30. The Morgan fingerprint density at radius 3 is 2.62 bits per heavy atom. The number of carboxylic acids is 1. The molecule has 0 heterocycles. The number of rotatable bonds is 8. The van der Waals surface area contributed by atoms with Crippen LogP contribution < -0.4 is 4.72 Å². The Balaban J connectivity index is 2.74. The number of hydrogen-bond acceptors (Lipinski definition) is 4. The first-order valence-electron chi connectivity index (χ1n) is 5.62. The molecule has 21 heavy (non-hydrogen) atoms. The Labute approximate surface area is 118 Å². The van der Waals surface area contributed by atoms with Gasteiger partial charge < -0.3 is 9.84 Å². The van der Waals surface area contributed by atoms with E-state index < -0.39 is 45.3 Å². The van der Waals surface area contributed by atoms with Crippen LogP contribution in [0.25, 0.3) is 0 Å². The number of alkyl halides is 2. The minimum atomic E-state index is -4.30. The highest BCUT2D eigenvalue weighted by Gasteiger charge is 2.20. The van der Waals surface area contributed by atoms with E-state index in [0.717, 1.165) is 6.07 Å². The van der Waals surface area contributed by atoms with Gasteiger partial charge in [0.15, 0.2) is 0 Å². The number of halogens is 3. The third kappa shape index (κ3) is 5.33. The van der Waals surface area contributed by atoms with Crippen LogP contribution in [0.2, 0.25) is 0 Å². The number of carboxylic acid groups (broad SMARTS) is 1. The topological polar surface area (TPSA) is 92.7 Å². The highest BCUT2D eigenvalue weighted by atomic mass is 32.2. The maximum Gasteiger partial charge on any atom is 0.335 e. The average molecular weight is 327 g/mol. The predicted molar refractivity (Wildman–Crippen MR) is 65.4 cm³/mol. The van der Waals surface area contributed by atoms with Crippen LogP contribution in [0.15, 0.2) is 23.1 Å². The molecular formula is C11H12F3NO5S. The van der Waals surface area contributed by atoms with Crippen molar-refractivity contribution < 1.29 is 36.2 Å². The summed E-state index contributed by atoms with van der Waals surface area (Å²) >= 11 is 0. The van der Waals surface area contributed by atoms with Crippen molar-refractivity contribution in [1.82, 2.24) is 4.72 Å². The average Bonchev–Trinajstić information content (AvgIpc) is 2.37. The second-order valence-electron chi connectivity index (χ2n) is 3.81. The Hall–Kier alpha value is -1.65. The summed E-state index contributed by atoms with van der Waals surface area (Å²) in [7, 11) is -4.30. The van der Waals surface area contributed by atoms with Crippen LogP contribution in [-0.2, 0) is 14.8 Å². The zero-order valence-electron chi connectivity index (χ0n) is 10.6. The zero-order chi connectivity index (χ0) is 16.0. The van der Waals surface area contributed by atoms with Crippen LogP contribution in [0.1, 0.15) is 10.4 Å². The van der Waals surface area contributed by atoms with E-state index in [0.29, 0.717) is 12.1 Å². The second-order valence-corrected chi connectivity index (χ2v) is 5.55. The molecule has 0 aliphatic carbocycles. The van der Waals surface area contributed by atoms with Crippen LogP contribution in [0.4, 0.5) is 13.2 Å². The molecule has 0 radical (unpaired) electrons. The zero-order valence-corrected chi connectivity index (χ0v) is 11.4. The van der Waals surface area contributed by atoms with E-state index in [-0.39, 0.29) is 13.2 Å². The van der Waals surface area contributed by atoms with Gasteiger partial charge in [0.1, 0.15) is 17.3 Å². The number of carbonyl (C=O) groups is 1. The van der Waals surface area contributed by atoms with Gasteiger partial charge in [-0.2, -0.15) is 0 Å². The van der Waals surface area contributed by atoms with Gasteiger partial charge in [0.2, 0.25) is 10.0 Å². The lowest BCUT2D eigenvalue weighted by atomic mass is 10.2. The van der Waals surface area contributed by atoms with E-state index in [4.69, 9.17) is 5.11 Å². The van der Waals surface area contributed by atoms with Crippen molar-refractivity contribution in [2.45, 2.75) is 11.3 Å². The van der Waals surface area contributed by atoms with Crippen molar-refractivity contribution in [2.75, 3.05) is 19.8 Å². The van der Waals surface area contributed by atoms with Gasteiger partial charge in [-0.25, -0.2) is 31.1 Å². The van der Waals surface area contributed by atoms with Crippen LogP contribution in [0.5, 0.6) is 0 Å². The van der Waals surface area contributed by atoms with Crippen LogP contribution in [0, 0.1) is 5.82 Å². The molecule has 1 aromatic carbocycles. The molecule has 1 aromatic rings. The molecule has 1 rings (SSSR count). The molecule has 0 aliphatic heterocycles. The molecule has 0 fully saturated rings. The van der Waals surface area contributed by atoms with E-state index >= 15 is 0 Å². The van der Waals surface area contributed by atoms with Gasteiger partial charge in [-0.1, -0.05) is 0 Å². The molecule has 6 nitrogen and oxygen atoms in total. The Morgan fingerprint density at radius 2 is 2.05 bits per heavy atom. The molecule has 0 saturated heterocycles. The minimum Gasteiger partial charge on any atom is -0.478 e. The quantitative estimate of drug-likeness (QED) is 0.697. The first-order chi connectivity index (χ1) is 9.74. The molecule has 10 heteroatoms. The minimum absolute atomic E-state index is 0.330. The fourth-order valence-corrected chi connectivity index (χ4v) is 2.46. The smallest absolute Gasteiger partial charge is 0.335 e. The molecule has 0 aliphatic rings. The van der Waals surface area contributed by atoms with E-state index in [9.17, 15) is 26.4 Å². The van der Waals surface area contributed by atoms with Gasteiger partial charge in [0, 0.05) is 6.54 Å². The van der Waals surface area contributed by atoms with Crippen molar-refractivity contribution in [3.63, 3.8) is 0 Å². The maximum atomic E-state index is 13.5. The van der Waals surface area contributed by atoms with Crippen molar-refractivity contribution in [1.29, 1.82) is 0 Å². The normalized spacial score (nSPS) is 11.8. The standard InChI is InChI=1S/C11H12F3NO5S/c12-8-2-1-7(11(16)17)5-9(8)21(18,19)15-3-4-20-6-10(13)14/h1-2,5,10,15H,3-4,6H2,(H,16,17). The summed E-state index contributed by atoms with van der Waals surface area (Å²) in [5.41, 5.74) is -0.397.